The SMILES string of the molecule is Cc1cc(C)c(Oc2ccc(N(c3cc(O)cc(C)c3C)c3cc(O)cc(C)c3C)cc2)c(O)c1. The van der Waals surface area contributed by atoms with Gasteiger partial charge in [0.1, 0.15) is 17.2 Å². The Kier molecular flexibility index (Phi) is 6.35. The topological polar surface area (TPSA) is 73.2 Å². The lowest BCUT2D eigenvalue weighted by Crippen LogP contribution is -2.13. The summed E-state index contributed by atoms with van der Waals surface area (Å²) in [5.41, 5.74) is 8.25. The highest BCUT2D eigenvalue weighted by atomic mass is 16.5. The van der Waals surface area contributed by atoms with Crippen molar-refractivity contribution in [2.24, 2.45) is 0 Å². The van der Waals surface area contributed by atoms with Gasteiger partial charge >= 0.3 is 0 Å². The van der Waals surface area contributed by atoms with Crippen LogP contribution in [0.3, 0.4) is 0 Å². The highest BCUT2D eigenvalue weighted by molar-refractivity contribution is 5.82. The molecule has 4 rings (SSSR count). The van der Waals surface area contributed by atoms with Gasteiger partial charge in [0, 0.05) is 17.8 Å². The van der Waals surface area contributed by atoms with Crippen molar-refractivity contribution in [1.29, 1.82) is 0 Å². The van der Waals surface area contributed by atoms with E-state index in [0.717, 1.165) is 50.4 Å². The van der Waals surface area contributed by atoms with Crippen LogP contribution in [0.1, 0.15) is 33.4 Å². The maximum atomic E-state index is 10.4. The van der Waals surface area contributed by atoms with Crippen LogP contribution in [-0.4, -0.2) is 15.3 Å². The van der Waals surface area contributed by atoms with Crippen molar-refractivity contribution >= 4 is 17.1 Å². The van der Waals surface area contributed by atoms with E-state index in [1.807, 2.05) is 76.8 Å². The van der Waals surface area contributed by atoms with E-state index in [2.05, 4.69) is 0 Å². The molecule has 180 valence electrons. The highest BCUT2D eigenvalue weighted by Gasteiger charge is 2.20. The molecule has 0 aliphatic rings. The third-order valence-corrected chi connectivity index (χ3v) is 6.45. The standard InChI is InChI=1S/C30H31NO4/c1-17-11-20(4)30(29(34)12-17)35-26-9-7-23(8-10-26)31(27-15-24(32)13-18(2)21(27)5)28-16-25(33)14-19(3)22(28)6/h7-16,32-34H,1-6H3. The summed E-state index contributed by atoms with van der Waals surface area (Å²) in [6, 6.07) is 18.1. The normalized spacial score (nSPS) is 10.9. The predicted octanol–water partition coefficient (Wildman–Crippen LogP) is 7.92. The number of hydrogen-bond acceptors (Lipinski definition) is 5. The Morgan fingerprint density at radius 1 is 0.600 bits per heavy atom. The maximum Gasteiger partial charge on any atom is 0.171 e. The summed E-state index contributed by atoms with van der Waals surface area (Å²) in [5.74, 6) is 1.47. The molecule has 5 nitrogen and oxygen atoms in total. The minimum Gasteiger partial charge on any atom is -0.508 e. The number of aromatic hydroxyl groups is 3. The van der Waals surface area contributed by atoms with Crippen LogP contribution in [0.5, 0.6) is 28.7 Å². The number of ether oxygens (including phenoxy) is 1. The van der Waals surface area contributed by atoms with Crippen LogP contribution >= 0.6 is 0 Å². The summed E-state index contributed by atoms with van der Waals surface area (Å²) in [4.78, 5) is 2.03. The van der Waals surface area contributed by atoms with Crippen molar-refractivity contribution in [1.82, 2.24) is 0 Å². The first-order valence-electron chi connectivity index (χ1n) is 11.5. The highest BCUT2D eigenvalue weighted by Crippen LogP contribution is 2.43. The lowest BCUT2D eigenvalue weighted by atomic mass is 10.0. The molecule has 0 saturated heterocycles. The first kappa shape index (κ1) is 24.0. The largest absolute Gasteiger partial charge is 0.508 e. The lowest BCUT2D eigenvalue weighted by Gasteiger charge is -2.30. The molecule has 4 aromatic rings. The Balaban J connectivity index is 1.83. The third-order valence-electron chi connectivity index (χ3n) is 6.45. The molecule has 5 heteroatoms. The Morgan fingerprint density at radius 3 is 1.60 bits per heavy atom. The first-order chi connectivity index (χ1) is 16.5. The molecule has 0 aliphatic carbocycles. The number of phenolic OH excluding ortho intramolecular Hbond substituents is 3. The summed E-state index contributed by atoms with van der Waals surface area (Å²) in [5, 5.41) is 31.2. The van der Waals surface area contributed by atoms with E-state index >= 15 is 0 Å². The van der Waals surface area contributed by atoms with Crippen LogP contribution in [0.15, 0.2) is 60.7 Å². The van der Waals surface area contributed by atoms with Crippen molar-refractivity contribution in [3.05, 3.63) is 94.0 Å². The van der Waals surface area contributed by atoms with Crippen LogP contribution < -0.4 is 9.64 Å². The molecule has 0 heterocycles. The number of hydrogen-bond donors (Lipinski definition) is 3. The fourth-order valence-corrected chi connectivity index (χ4v) is 4.36. The van der Waals surface area contributed by atoms with Gasteiger partial charge in [0.05, 0.1) is 11.4 Å². The van der Waals surface area contributed by atoms with Crippen molar-refractivity contribution in [3.63, 3.8) is 0 Å². The van der Waals surface area contributed by atoms with Gasteiger partial charge in [0.15, 0.2) is 11.5 Å². The molecular formula is C30H31NO4. The molecule has 0 unspecified atom stereocenters. The summed E-state index contributed by atoms with van der Waals surface area (Å²) in [6.45, 7) is 11.8. The van der Waals surface area contributed by atoms with E-state index in [0.29, 0.717) is 11.5 Å². The van der Waals surface area contributed by atoms with Crippen LogP contribution in [0.25, 0.3) is 0 Å². The second-order valence-electron chi connectivity index (χ2n) is 9.18. The van der Waals surface area contributed by atoms with Crippen LogP contribution in [0, 0.1) is 41.5 Å². The Morgan fingerprint density at radius 2 is 1.11 bits per heavy atom. The molecular weight excluding hydrogens is 438 g/mol. The molecule has 0 spiro atoms. The Hall–Kier alpha value is -4.12. The maximum absolute atomic E-state index is 10.4. The van der Waals surface area contributed by atoms with E-state index in [-0.39, 0.29) is 17.2 Å². The second-order valence-corrected chi connectivity index (χ2v) is 9.18. The summed E-state index contributed by atoms with van der Waals surface area (Å²) >= 11 is 0. The number of rotatable bonds is 5. The fraction of sp³-hybridized carbons (Fsp3) is 0.200. The van der Waals surface area contributed by atoms with Gasteiger partial charge in [-0.05, 0) is 117 Å². The number of anilines is 3. The molecule has 0 radical (unpaired) electrons. The zero-order valence-corrected chi connectivity index (χ0v) is 21.0. The van der Waals surface area contributed by atoms with Gasteiger partial charge < -0.3 is 25.0 Å². The smallest absolute Gasteiger partial charge is 0.171 e. The van der Waals surface area contributed by atoms with Crippen LogP contribution in [0.2, 0.25) is 0 Å². The van der Waals surface area contributed by atoms with Crippen molar-refractivity contribution in [2.75, 3.05) is 4.90 Å². The summed E-state index contributed by atoms with van der Waals surface area (Å²) in [6.07, 6.45) is 0. The van der Waals surface area contributed by atoms with Gasteiger partial charge in [0.2, 0.25) is 0 Å². The molecule has 0 saturated carbocycles. The number of aryl methyl sites for hydroxylation is 4. The molecule has 3 N–H and O–H groups in total. The summed E-state index contributed by atoms with van der Waals surface area (Å²) < 4.78 is 6.02. The van der Waals surface area contributed by atoms with Crippen molar-refractivity contribution < 1.29 is 20.1 Å². The Labute approximate surface area is 206 Å². The van der Waals surface area contributed by atoms with Crippen LogP contribution in [0.4, 0.5) is 17.1 Å². The van der Waals surface area contributed by atoms with Gasteiger partial charge in [-0.2, -0.15) is 0 Å². The van der Waals surface area contributed by atoms with Gasteiger partial charge in [-0.1, -0.05) is 6.07 Å². The van der Waals surface area contributed by atoms with Gasteiger partial charge in [-0.25, -0.2) is 0 Å². The van der Waals surface area contributed by atoms with E-state index in [1.165, 1.54) is 0 Å². The number of phenols is 3. The molecule has 0 fully saturated rings. The third kappa shape index (κ3) is 4.76. The van der Waals surface area contributed by atoms with E-state index < -0.39 is 0 Å². The average Bonchev–Trinajstić information content (AvgIpc) is 2.78. The molecule has 0 atom stereocenters. The van der Waals surface area contributed by atoms with Gasteiger partial charge in [0.25, 0.3) is 0 Å². The quantitative estimate of drug-likeness (QED) is 0.277. The molecule has 0 aromatic heterocycles. The minimum atomic E-state index is 0.102. The number of benzene rings is 4. The molecule has 0 bridgehead atoms. The monoisotopic (exact) mass is 469 g/mol. The molecule has 0 amide bonds. The van der Waals surface area contributed by atoms with Gasteiger partial charge in [-0.15, -0.1) is 0 Å². The van der Waals surface area contributed by atoms with Crippen molar-refractivity contribution in [2.45, 2.75) is 41.5 Å². The zero-order chi connectivity index (χ0) is 25.4. The van der Waals surface area contributed by atoms with E-state index in [1.54, 1.807) is 30.3 Å². The van der Waals surface area contributed by atoms with E-state index in [4.69, 9.17) is 4.74 Å². The average molecular weight is 470 g/mol. The molecule has 35 heavy (non-hydrogen) atoms. The fourth-order valence-electron chi connectivity index (χ4n) is 4.36. The Bertz CT molecular complexity index is 1330. The zero-order valence-electron chi connectivity index (χ0n) is 21.0. The second kappa shape index (κ2) is 9.26. The van der Waals surface area contributed by atoms with Gasteiger partial charge in [-0.3, -0.25) is 0 Å². The minimum absolute atomic E-state index is 0.102. The van der Waals surface area contributed by atoms with Crippen molar-refractivity contribution in [3.8, 4) is 28.7 Å². The molecule has 0 aliphatic heterocycles. The summed E-state index contributed by atoms with van der Waals surface area (Å²) in [7, 11) is 0. The number of nitrogens with zero attached hydrogens (tertiary/aromatic N) is 1. The predicted molar refractivity (Wildman–Crippen MR) is 141 cm³/mol. The van der Waals surface area contributed by atoms with Crippen LogP contribution in [-0.2, 0) is 0 Å². The molecule has 4 aromatic carbocycles. The lowest BCUT2D eigenvalue weighted by molar-refractivity contribution is 0.408. The first-order valence-corrected chi connectivity index (χ1v) is 11.5. The van der Waals surface area contributed by atoms with E-state index in [9.17, 15) is 15.3 Å².